The summed E-state index contributed by atoms with van der Waals surface area (Å²) in [5.41, 5.74) is 2.84. The van der Waals surface area contributed by atoms with Crippen LogP contribution in [0.4, 0.5) is 10.5 Å². The number of aromatic amines is 1. The average Bonchev–Trinajstić information content (AvgIpc) is 2.63. The first-order chi connectivity index (χ1) is 7.65. The number of carbonyl (C=O) groups is 1. The smallest absolute Gasteiger partial charge is 0.413 e. The molecule has 0 radical (unpaired) electrons. The van der Waals surface area contributed by atoms with E-state index in [1.54, 1.807) is 7.05 Å². The molecule has 0 unspecified atom stereocenters. The van der Waals surface area contributed by atoms with E-state index in [9.17, 15) is 4.79 Å². The summed E-state index contributed by atoms with van der Waals surface area (Å²) < 4.78 is 4.71. The molecule has 2 rings (SSSR count). The minimum Gasteiger partial charge on any atom is -0.452 e. The molecule has 0 fully saturated rings. The molecule has 16 heavy (non-hydrogen) atoms. The van der Waals surface area contributed by atoms with Crippen molar-refractivity contribution in [2.75, 3.05) is 19.1 Å². The van der Waals surface area contributed by atoms with Gasteiger partial charge in [0.1, 0.15) is 0 Å². The molecule has 1 aromatic carbocycles. The Kier molecular flexibility index (Phi) is 2.56. The maximum atomic E-state index is 11.5. The molecule has 0 bridgehead atoms. The number of carbonyl (C=O) groups excluding carboxylic acids is 1. The molecule has 2 aromatic rings. The van der Waals surface area contributed by atoms with Crippen molar-refractivity contribution in [2.24, 2.45) is 0 Å². The van der Waals surface area contributed by atoms with E-state index in [0.29, 0.717) is 0 Å². The quantitative estimate of drug-likeness (QED) is 0.799. The third-order valence-electron chi connectivity index (χ3n) is 2.64. The highest BCUT2D eigenvalue weighted by Gasteiger charge is 2.17. The van der Waals surface area contributed by atoms with Gasteiger partial charge in [-0.05, 0) is 13.0 Å². The number of nitrogens with one attached hydrogen (secondary N) is 1. The molecule has 0 spiro atoms. The van der Waals surface area contributed by atoms with Crippen molar-refractivity contribution in [3.05, 3.63) is 30.0 Å². The van der Waals surface area contributed by atoms with Gasteiger partial charge in [0, 0.05) is 23.6 Å². The second-order valence-electron chi connectivity index (χ2n) is 3.67. The number of amides is 1. The zero-order valence-corrected chi connectivity index (χ0v) is 9.57. The monoisotopic (exact) mass is 218 g/mol. The minimum absolute atomic E-state index is 0.368. The molecule has 0 atom stereocenters. The number of para-hydroxylation sites is 1. The van der Waals surface area contributed by atoms with Crippen molar-refractivity contribution in [1.82, 2.24) is 4.98 Å². The van der Waals surface area contributed by atoms with Crippen LogP contribution in [0.25, 0.3) is 10.9 Å². The van der Waals surface area contributed by atoms with Crippen LogP contribution in [0.3, 0.4) is 0 Å². The number of hydrogen-bond acceptors (Lipinski definition) is 2. The normalized spacial score (nSPS) is 10.4. The number of anilines is 1. The van der Waals surface area contributed by atoms with E-state index in [2.05, 4.69) is 4.98 Å². The Morgan fingerprint density at radius 1 is 1.38 bits per heavy atom. The lowest BCUT2D eigenvalue weighted by Crippen LogP contribution is -2.26. The van der Waals surface area contributed by atoms with Gasteiger partial charge < -0.3 is 9.72 Å². The van der Waals surface area contributed by atoms with Gasteiger partial charge in [0.25, 0.3) is 0 Å². The molecule has 4 nitrogen and oxygen atoms in total. The predicted octanol–water partition coefficient (Wildman–Crippen LogP) is 2.68. The molecule has 1 N–H and O–H groups in total. The molecule has 0 aliphatic rings. The van der Waals surface area contributed by atoms with Crippen LogP contribution in [-0.2, 0) is 4.74 Å². The lowest BCUT2D eigenvalue weighted by atomic mass is 10.2. The number of H-pyrrole nitrogens is 1. The van der Waals surface area contributed by atoms with E-state index in [4.69, 9.17) is 4.74 Å². The van der Waals surface area contributed by atoms with Gasteiger partial charge >= 0.3 is 6.09 Å². The predicted molar refractivity (Wildman–Crippen MR) is 63.8 cm³/mol. The van der Waals surface area contributed by atoms with Crippen LogP contribution in [0, 0.1) is 6.92 Å². The Hall–Kier alpha value is -1.97. The zero-order valence-electron chi connectivity index (χ0n) is 9.57. The van der Waals surface area contributed by atoms with Gasteiger partial charge in [0.15, 0.2) is 0 Å². The van der Waals surface area contributed by atoms with Crippen molar-refractivity contribution in [3.8, 4) is 0 Å². The van der Waals surface area contributed by atoms with Gasteiger partial charge in [-0.15, -0.1) is 0 Å². The summed E-state index contributed by atoms with van der Waals surface area (Å²) in [5.74, 6) is 0. The SMILES string of the molecule is COC(=O)N(C)c1c(C)[nH]c2ccccc12. The lowest BCUT2D eigenvalue weighted by molar-refractivity contribution is 0.180. The number of rotatable bonds is 1. The number of ether oxygens (including phenoxy) is 1. The van der Waals surface area contributed by atoms with E-state index >= 15 is 0 Å². The molecule has 0 saturated carbocycles. The Morgan fingerprint density at radius 3 is 2.75 bits per heavy atom. The largest absolute Gasteiger partial charge is 0.452 e. The van der Waals surface area contributed by atoms with Gasteiger partial charge in [-0.3, -0.25) is 4.90 Å². The second-order valence-corrected chi connectivity index (χ2v) is 3.67. The Labute approximate surface area is 93.8 Å². The van der Waals surface area contributed by atoms with E-state index in [1.807, 2.05) is 31.2 Å². The van der Waals surface area contributed by atoms with E-state index in [0.717, 1.165) is 22.3 Å². The maximum absolute atomic E-state index is 11.5. The number of benzene rings is 1. The van der Waals surface area contributed by atoms with Gasteiger partial charge in [-0.1, -0.05) is 18.2 Å². The summed E-state index contributed by atoms with van der Waals surface area (Å²) in [6, 6.07) is 7.87. The zero-order chi connectivity index (χ0) is 11.7. The van der Waals surface area contributed by atoms with Crippen molar-refractivity contribution < 1.29 is 9.53 Å². The summed E-state index contributed by atoms with van der Waals surface area (Å²) in [5, 5.41) is 1.02. The van der Waals surface area contributed by atoms with E-state index < -0.39 is 0 Å². The van der Waals surface area contributed by atoms with Crippen molar-refractivity contribution in [1.29, 1.82) is 0 Å². The molecule has 0 aliphatic heterocycles. The van der Waals surface area contributed by atoms with Crippen LogP contribution in [0.2, 0.25) is 0 Å². The summed E-state index contributed by atoms with van der Waals surface area (Å²) in [7, 11) is 3.08. The molecule has 4 heteroatoms. The van der Waals surface area contributed by atoms with Crippen molar-refractivity contribution >= 4 is 22.7 Å². The van der Waals surface area contributed by atoms with Crippen LogP contribution < -0.4 is 4.90 Å². The third kappa shape index (κ3) is 1.52. The Morgan fingerprint density at radius 2 is 2.06 bits per heavy atom. The number of nitrogens with zero attached hydrogens (tertiary/aromatic N) is 1. The molecule has 0 saturated heterocycles. The molecule has 0 aliphatic carbocycles. The number of aromatic nitrogens is 1. The number of fused-ring (bicyclic) bond motifs is 1. The Bertz CT molecular complexity index is 531. The molecular weight excluding hydrogens is 204 g/mol. The summed E-state index contributed by atoms with van der Waals surface area (Å²) in [6.07, 6.45) is -0.368. The van der Waals surface area contributed by atoms with Crippen molar-refractivity contribution in [3.63, 3.8) is 0 Å². The van der Waals surface area contributed by atoms with Crippen molar-refractivity contribution in [2.45, 2.75) is 6.92 Å². The van der Waals surface area contributed by atoms with Crippen LogP contribution in [0.5, 0.6) is 0 Å². The third-order valence-corrected chi connectivity index (χ3v) is 2.64. The van der Waals surface area contributed by atoms with E-state index in [-0.39, 0.29) is 6.09 Å². The first kappa shape index (κ1) is 10.5. The van der Waals surface area contributed by atoms with Crippen LogP contribution in [-0.4, -0.2) is 25.2 Å². The number of hydrogen-bond donors (Lipinski definition) is 1. The summed E-state index contributed by atoms with van der Waals surface area (Å²) in [4.78, 5) is 16.2. The fourth-order valence-corrected chi connectivity index (χ4v) is 1.92. The second kappa shape index (κ2) is 3.89. The fourth-order valence-electron chi connectivity index (χ4n) is 1.92. The molecule has 1 heterocycles. The number of aryl methyl sites for hydroxylation is 1. The van der Waals surface area contributed by atoms with E-state index in [1.165, 1.54) is 12.0 Å². The fraction of sp³-hybridized carbons (Fsp3) is 0.250. The van der Waals surface area contributed by atoms with Gasteiger partial charge in [0.05, 0.1) is 12.8 Å². The highest BCUT2D eigenvalue weighted by Crippen LogP contribution is 2.29. The first-order valence-electron chi connectivity index (χ1n) is 5.04. The highest BCUT2D eigenvalue weighted by atomic mass is 16.5. The highest BCUT2D eigenvalue weighted by molar-refractivity contribution is 6.02. The molecule has 1 aromatic heterocycles. The van der Waals surface area contributed by atoms with Crippen LogP contribution in [0.15, 0.2) is 24.3 Å². The first-order valence-corrected chi connectivity index (χ1v) is 5.04. The van der Waals surface area contributed by atoms with Crippen LogP contribution >= 0.6 is 0 Å². The molecule has 84 valence electrons. The molecular formula is C12H14N2O2. The van der Waals surface area contributed by atoms with Gasteiger partial charge in [-0.2, -0.15) is 0 Å². The number of methoxy groups -OCH3 is 1. The average molecular weight is 218 g/mol. The summed E-state index contributed by atoms with van der Waals surface area (Å²) >= 11 is 0. The minimum atomic E-state index is -0.368. The molecule has 1 amide bonds. The lowest BCUT2D eigenvalue weighted by Gasteiger charge is -2.15. The van der Waals surface area contributed by atoms with Crippen LogP contribution in [0.1, 0.15) is 5.69 Å². The summed E-state index contributed by atoms with van der Waals surface area (Å²) in [6.45, 7) is 1.94. The topological polar surface area (TPSA) is 45.3 Å². The Balaban J connectivity index is 2.59. The standard InChI is InChI=1S/C12H14N2O2/c1-8-11(14(2)12(15)16-3)9-6-4-5-7-10(9)13-8/h4-7,13H,1-3H3. The van der Waals surface area contributed by atoms with Gasteiger partial charge in [-0.25, -0.2) is 4.79 Å². The van der Waals surface area contributed by atoms with Gasteiger partial charge in [0.2, 0.25) is 0 Å². The maximum Gasteiger partial charge on any atom is 0.413 e.